The Kier molecular flexibility index (Phi) is 15.5. The molecule has 16 nitrogen and oxygen atoms in total. The third kappa shape index (κ3) is 10.8. The van der Waals surface area contributed by atoms with E-state index in [0.717, 1.165) is 129 Å². The summed E-state index contributed by atoms with van der Waals surface area (Å²) in [6, 6.07) is 23.6. The molecule has 3 fully saturated rings. The van der Waals surface area contributed by atoms with E-state index < -0.39 is 5.91 Å². The number of aromatic nitrogens is 3. The smallest absolute Gasteiger partial charge is 0.269 e. The van der Waals surface area contributed by atoms with E-state index >= 15 is 0 Å². The summed E-state index contributed by atoms with van der Waals surface area (Å²) >= 11 is 5.94. The van der Waals surface area contributed by atoms with Crippen molar-refractivity contribution in [2.45, 2.75) is 58.0 Å². The molecule has 3 aromatic carbocycles. The number of benzene rings is 3. The number of pyridine rings is 1. The zero-order valence-electron chi connectivity index (χ0n) is 40.6. The maximum absolute atomic E-state index is 13.3. The average molecular weight is 965 g/mol. The van der Waals surface area contributed by atoms with Crippen molar-refractivity contribution in [2.24, 2.45) is 29.4 Å². The Balaban J connectivity index is 0.000000348. The lowest BCUT2D eigenvalue weighted by Gasteiger charge is -2.41. The van der Waals surface area contributed by atoms with E-state index in [2.05, 4.69) is 64.9 Å². The molecule has 1 amide bonds. The normalized spacial score (nSPS) is 17.2. The van der Waals surface area contributed by atoms with E-state index in [1.165, 1.54) is 25.5 Å². The van der Waals surface area contributed by atoms with Gasteiger partial charge in [-0.25, -0.2) is 0 Å². The first kappa shape index (κ1) is 49.3. The zero-order chi connectivity index (χ0) is 49.5. The number of nitrogens with two attached hydrogens (primary N) is 2. The van der Waals surface area contributed by atoms with Crippen molar-refractivity contribution in [3.63, 3.8) is 0 Å². The monoisotopic (exact) mass is 963 g/mol. The minimum Gasteiger partial charge on any atom is -0.490 e. The number of aryl methyl sites for hydroxylation is 2. The summed E-state index contributed by atoms with van der Waals surface area (Å²) < 4.78 is 7.61. The van der Waals surface area contributed by atoms with Crippen LogP contribution in [0.25, 0.3) is 16.5 Å². The van der Waals surface area contributed by atoms with Crippen LogP contribution in [-0.2, 0) is 7.05 Å². The minimum absolute atomic E-state index is 0.00920. The second kappa shape index (κ2) is 22.1. The molecule has 17 heteroatoms. The topological polar surface area (TPSA) is 202 Å². The maximum Gasteiger partial charge on any atom is 0.269 e. The predicted octanol–water partition coefficient (Wildman–Crippen LogP) is 7.16. The number of carbonyl (C=O) groups is 1. The molecule has 9 rings (SSSR count). The Morgan fingerprint density at radius 3 is 2.23 bits per heavy atom. The summed E-state index contributed by atoms with van der Waals surface area (Å²) in [7, 11) is 5.61. The minimum atomic E-state index is -0.571. The number of amides is 1. The highest BCUT2D eigenvalue weighted by Crippen LogP contribution is 2.44. The lowest BCUT2D eigenvalue weighted by Crippen LogP contribution is -2.49. The van der Waals surface area contributed by atoms with Gasteiger partial charge < -0.3 is 40.4 Å². The first-order chi connectivity index (χ1) is 33.9. The Bertz CT molecular complexity index is 2920. The summed E-state index contributed by atoms with van der Waals surface area (Å²) in [6.45, 7) is 9.85. The molecule has 0 bridgehead atoms. The van der Waals surface area contributed by atoms with Crippen LogP contribution >= 0.6 is 11.6 Å². The van der Waals surface area contributed by atoms with Crippen molar-refractivity contribution in [1.82, 2.24) is 19.7 Å². The van der Waals surface area contributed by atoms with Gasteiger partial charge in [-0.3, -0.25) is 19.5 Å². The zero-order valence-corrected chi connectivity index (χ0v) is 41.3. The van der Waals surface area contributed by atoms with E-state index in [9.17, 15) is 14.9 Å². The number of rotatable bonds is 10. The van der Waals surface area contributed by atoms with Crippen LogP contribution in [0.1, 0.15) is 77.7 Å². The number of fused-ring (bicyclic) bond motifs is 2. The standard InChI is InChI=1S/C40H48N12O2.C13H14ClNO/c1-26-17-32-34(48(4)40(26)54)19-30(20-35(32)52-16-11-47(3)36-21-31(29(23-42)24-44-2)28(22-41)18-37(36)52)50-14-12-49(13-15-50)25-27-7-9-51(10-8-27)38-6-5-33(39(43)53)45-46-38;14-13-8-12(7-6-10(13)9-15)16-11-4-2-1-3-5-11/h5-6,17-21,23-24,27H,7-16,25,42H2,1-4H3,(H2,43,53);6-8,11H,1-5H2/b29-23+,44-24?;. The van der Waals surface area contributed by atoms with E-state index in [4.69, 9.17) is 33.1 Å². The number of primary amides is 1. The highest BCUT2D eigenvalue weighted by atomic mass is 35.5. The highest BCUT2D eigenvalue weighted by molar-refractivity contribution is 6.31. The largest absolute Gasteiger partial charge is 0.490 e. The van der Waals surface area contributed by atoms with Gasteiger partial charge in [0.2, 0.25) is 0 Å². The number of hydrogen-bond donors (Lipinski definition) is 2. The van der Waals surface area contributed by atoms with Crippen molar-refractivity contribution in [1.29, 1.82) is 10.5 Å². The van der Waals surface area contributed by atoms with Gasteiger partial charge in [0.1, 0.15) is 11.8 Å². The van der Waals surface area contributed by atoms with Crippen LogP contribution in [0.3, 0.4) is 0 Å². The molecule has 5 aromatic rings. The van der Waals surface area contributed by atoms with Crippen LogP contribution in [0.15, 0.2) is 76.7 Å². The molecule has 0 atom stereocenters. The van der Waals surface area contributed by atoms with E-state index in [0.29, 0.717) is 45.9 Å². The maximum atomic E-state index is 13.3. The molecule has 0 radical (unpaired) electrons. The van der Waals surface area contributed by atoms with E-state index in [1.54, 1.807) is 36.0 Å². The fourth-order valence-electron chi connectivity index (χ4n) is 10.2. The van der Waals surface area contributed by atoms with Gasteiger partial charge >= 0.3 is 0 Å². The number of carbonyl (C=O) groups excluding carboxylic acids is 1. The lowest BCUT2D eigenvalue weighted by molar-refractivity contribution is 0.0994. The quantitative estimate of drug-likeness (QED) is 0.134. The predicted molar refractivity (Wildman–Crippen MR) is 280 cm³/mol. The second-order valence-electron chi connectivity index (χ2n) is 18.7. The van der Waals surface area contributed by atoms with Crippen LogP contribution in [0.5, 0.6) is 5.75 Å². The molecule has 1 aliphatic carbocycles. The van der Waals surface area contributed by atoms with Crippen molar-refractivity contribution in [3.05, 3.63) is 110 Å². The van der Waals surface area contributed by atoms with Gasteiger partial charge in [-0.1, -0.05) is 18.0 Å². The number of likely N-dealkylation sites (N-methyl/N-ethyl adjacent to an activating group) is 1. The SMILES string of the molecule is CN=C/C(=C\N)c1cc2c(cc1C#N)N(c1cc(N3CCN(CC4CCN(c5ccc(C(N)=O)nn5)CC4)CC3)cc3c1cc(C)c(=O)n3C)CCN2C.N#Cc1ccc(OC2CCCCC2)cc1Cl. The van der Waals surface area contributed by atoms with Gasteiger partial charge in [-0.15, -0.1) is 10.2 Å². The third-order valence-electron chi connectivity index (χ3n) is 14.1. The van der Waals surface area contributed by atoms with Crippen LogP contribution in [-0.4, -0.2) is 111 Å². The van der Waals surface area contributed by atoms with Gasteiger partial charge in [0.25, 0.3) is 11.5 Å². The first-order valence-corrected chi connectivity index (χ1v) is 24.5. The molecule has 364 valence electrons. The molecule has 3 aliphatic heterocycles. The summed E-state index contributed by atoms with van der Waals surface area (Å²) in [6.07, 6.45) is 11.7. The Hall–Kier alpha value is -7.14. The number of piperidine rings is 1. The van der Waals surface area contributed by atoms with Crippen LogP contribution in [0.4, 0.5) is 28.6 Å². The van der Waals surface area contributed by atoms with Gasteiger partial charge in [0, 0.05) is 126 Å². The second-order valence-corrected chi connectivity index (χ2v) is 19.1. The molecule has 1 saturated carbocycles. The third-order valence-corrected chi connectivity index (χ3v) is 14.5. The molecule has 4 N–H and O–H groups in total. The highest BCUT2D eigenvalue weighted by Gasteiger charge is 2.29. The van der Waals surface area contributed by atoms with Gasteiger partial charge in [-0.05, 0) is 106 Å². The van der Waals surface area contributed by atoms with E-state index in [1.807, 2.05) is 50.4 Å². The average Bonchev–Trinajstić information content (AvgIpc) is 3.38. The molecule has 4 aliphatic rings. The number of ether oxygens (including phenoxy) is 1. The molecule has 0 unspecified atom stereocenters. The molecule has 0 spiro atoms. The molecule has 5 heterocycles. The summed E-state index contributed by atoms with van der Waals surface area (Å²) in [4.78, 5) is 40.6. The van der Waals surface area contributed by atoms with Crippen LogP contribution in [0, 0.1) is 35.5 Å². The summed E-state index contributed by atoms with van der Waals surface area (Å²) in [5, 5.41) is 28.7. The fourth-order valence-corrected chi connectivity index (χ4v) is 10.4. The van der Waals surface area contributed by atoms with Crippen molar-refractivity contribution in [3.8, 4) is 17.9 Å². The number of piperazine rings is 1. The summed E-state index contributed by atoms with van der Waals surface area (Å²) in [5.41, 5.74) is 19.5. The lowest BCUT2D eigenvalue weighted by atomic mass is 9.96. The number of hydrogen-bond acceptors (Lipinski definition) is 14. The first-order valence-electron chi connectivity index (χ1n) is 24.2. The molecular formula is C53H62ClN13O3. The van der Waals surface area contributed by atoms with Crippen molar-refractivity contribution >= 4 is 68.8 Å². The van der Waals surface area contributed by atoms with Gasteiger partial charge in [0.15, 0.2) is 11.5 Å². The summed E-state index contributed by atoms with van der Waals surface area (Å²) in [5.74, 6) is 1.58. The van der Waals surface area contributed by atoms with Gasteiger partial charge in [-0.2, -0.15) is 10.5 Å². The number of anilines is 5. The Morgan fingerprint density at radius 1 is 0.843 bits per heavy atom. The number of aliphatic imine (C=N–C) groups is 1. The van der Waals surface area contributed by atoms with E-state index in [-0.39, 0.29) is 11.3 Å². The van der Waals surface area contributed by atoms with Crippen molar-refractivity contribution in [2.75, 3.05) is 92.6 Å². The molecule has 2 saturated heterocycles. The van der Waals surface area contributed by atoms with Gasteiger partial charge in [0.05, 0.1) is 50.9 Å². The number of allylic oxidation sites excluding steroid dienone is 1. The molecule has 70 heavy (non-hydrogen) atoms. The Morgan fingerprint density at radius 2 is 1.59 bits per heavy atom. The van der Waals surface area contributed by atoms with Crippen LogP contribution < -0.4 is 41.4 Å². The fraction of sp³-hybridized carbons (Fsp3) is 0.415. The van der Waals surface area contributed by atoms with Crippen LogP contribution in [0.2, 0.25) is 5.02 Å². The molecule has 2 aromatic heterocycles. The Labute approximate surface area is 415 Å². The number of halogens is 1. The van der Waals surface area contributed by atoms with Crippen molar-refractivity contribution < 1.29 is 9.53 Å². The number of nitrogens with zero attached hydrogens (tertiary/aromatic N) is 11. The molecular weight excluding hydrogens is 902 g/mol. The number of nitriles is 2.